The summed E-state index contributed by atoms with van der Waals surface area (Å²) >= 11 is 0. The quantitative estimate of drug-likeness (QED) is 0.137. The van der Waals surface area contributed by atoms with Gasteiger partial charge in [-0.05, 0) is 50.7 Å². The molecule has 2 rings (SSSR count). The van der Waals surface area contributed by atoms with Gasteiger partial charge in [0.15, 0.2) is 0 Å². The van der Waals surface area contributed by atoms with E-state index in [1.807, 2.05) is 60.7 Å². The molecular weight excluding hydrogens is 502 g/mol. The standard InChI is InChI=1S/C25H40N2O7P2/c1-24(33-35(26,29)30,21-13-5-3-6-14-21)19-11-9-17-23(28)18-10-12-20-25(2,34-36(27,31)32)22-15-7-4-8-16-22/h3-8,13-16,23,28H,9-12,17-20H2,1-2H3,(H3,26,29,30)(H3,27,31,32). The molecule has 0 aliphatic carbocycles. The topological polar surface area (TPSA) is 165 Å². The Morgan fingerprint density at radius 3 is 1.36 bits per heavy atom. The molecular formula is C25H40N2O7P2. The monoisotopic (exact) mass is 542 g/mol. The van der Waals surface area contributed by atoms with Crippen LogP contribution in [0.3, 0.4) is 0 Å². The lowest BCUT2D eigenvalue weighted by Crippen LogP contribution is -2.26. The zero-order valence-corrected chi connectivity index (χ0v) is 22.8. The molecule has 0 aliphatic rings. The Bertz CT molecular complexity index is 934. The van der Waals surface area contributed by atoms with Gasteiger partial charge in [0.2, 0.25) is 0 Å². The Morgan fingerprint density at radius 1 is 0.722 bits per heavy atom. The van der Waals surface area contributed by atoms with E-state index in [0.29, 0.717) is 51.4 Å². The molecule has 0 fully saturated rings. The van der Waals surface area contributed by atoms with E-state index in [2.05, 4.69) is 0 Å². The summed E-state index contributed by atoms with van der Waals surface area (Å²) in [6, 6.07) is 18.4. The molecule has 4 unspecified atom stereocenters. The molecule has 0 heterocycles. The predicted molar refractivity (Wildman–Crippen MR) is 141 cm³/mol. The average Bonchev–Trinajstić information content (AvgIpc) is 2.79. The molecule has 11 heteroatoms. The number of hydrogen-bond acceptors (Lipinski definition) is 5. The maximum absolute atomic E-state index is 11.8. The van der Waals surface area contributed by atoms with Crippen molar-refractivity contribution in [1.82, 2.24) is 0 Å². The van der Waals surface area contributed by atoms with Crippen LogP contribution >= 0.6 is 15.5 Å². The minimum Gasteiger partial charge on any atom is -0.393 e. The lowest BCUT2D eigenvalue weighted by Gasteiger charge is -2.31. The van der Waals surface area contributed by atoms with Crippen LogP contribution in [0, 0.1) is 0 Å². The first kappa shape index (κ1) is 30.8. The number of unbranched alkanes of at least 4 members (excludes halogenated alkanes) is 2. The molecule has 4 atom stereocenters. The van der Waals surface area contributed by atoms with Crippen molar-refractivity contribution in [2.75, 3.05) is 0 Å². The normalized spacial score (nSPS) is 19.4. The molecule has 0 bridgehead atoms. The van der Waals surface area contributed by atoms with E-state index in [4.69, 9.17) is 20.1 Å². The van der Waals surface area contributed by atoms with Crippen LogP contribution in [0.25, 0.3) is 0 Å². The van der Waals surface area contributed by atoms with Gasteiger partial charge in [-0.15, -0.1) is 0 Å². The lowest BCUT2D eigenvalue weighted by molar-refractivity contribution is 0.0562. The molecule has 0 amide bonds. The zero-order valence-electron chi connectivity index (χ0n) is 21.0. The van der Waals surface area contributed by atoms with Crippen LogP contribution < -0.4 is 11.0 Å². The first-order chi connectivity index (χ1) is 16.7. The van der Waals surface area contributed by atoms with Gasteiger partial charge in [0.1, 0.15) is 11.2 Å². The van der Waals surface area contributed by atoms with Crippen LogP contribution in [0.2, 0.25) is 0 Å². The summed E-state index contributed by atoms with van der Waals surface area (Å²) < 4.78 is 34.2. The van der Waals surface area contributed by atoms with Crippen molar-refractivity contribution in [2.45, 2.75) is 82.5 Å². The molecule has 0 radical (unpaired) electrons. The minimum atomic E-state index is -4.19. The number of aliphatic hydroxyl groups excluding tert-OH is 1. The zero-order chi connectivity index (χ0) is 26.9. The van der Waals surface area contributed by atoms with Crippen LogP contribution in [0.4, 0.5) is 0 Å². The van der Waals surface area contributed by atoms with Gasteiger partial charge in [-0.25, -0.2) is 20.1 Å². The third-order valence-electron chi connectivity index (χ3n) is 6.32. The van der Waals surface area contributed by atoms with E-state index in [9.17, 15) is 24.0 Å². The van der Waals surface area contributed by atoms with Gasteiger partial charge in [-0.2, -0.15) is 0 Å². The molecule has 36 heavy (non-hydrogen) atoms. The van der Waals surface area contributed by atoms with Crippen LogP contribution in [0.15, 0.2) is 60.7 Å². The van der Waals surface area contributed by atoms with Gasteiger partial charge in [-0.1, -0.05) is 86.3 Å². The first-order valence-electron chi connectivity index (χ1n) is 12.2. The Morgan fingerprint density at radius 2 is 1.06 bits per heavy atom. The SMILES string of the molecule is CC(CCCCC(O)CCCCC(C)(OP(N)(=O)O)c1ccccc1)(OP(N)(=O)O)c1ccccc1. The van der Waals surface area contributed by atoms with Crippen LogP contribution in [0.5, 0.6) is 0 Å². The summed E-state index contributed by atoms with van der Waals surface area (Å²) in [6.07, 6.45) is 4.34. The van der Waals surface area contributed by atoms with Crippen LogP contribution in [-0.2, 0) is 29.4 Å². The van der Waals surface area contributed by atoms with Crippen molar-refractivity contribution in [3.05, 3.63) is 71.8 Å². The van der Waals surface area contributed by atoms with E-state index in [0.717, 1.165) is 11.1 Å². The average molecular weight is 543 g/mol. The highest BCUT2D eigenvalue weighted by Crippen LogP contribution is 2.46. The number of nitrogens with two attached hydrogens (primary N) is 2. The van der Waals surface area contributed by atoms with Crippen molar-refractivity contribution in [2.24, 2.45) is 11.0 Å². The minimum absolute atomic E-state index is 0.471. The molecule has 0 spiro atoms. The molecule has 0 aromatic heterocycles. The maximum Gasteiger partial charge on any atom is 0.401 e. The van der Waals surface area contributed by atoms with Gasteiger partial charge >= 0.3 is 15.5 Å². The third-order valence-corrected chi connectivity index (χ3v) is 7.64. The van der Waals surface area contributed by atoms with E-state index in [1.165, 1.54) is 0 Å². The fraction of sp³-hybridized carbons (Fsp3) is 0.520. The Balaban J connectivity index is 1.81. The summed E-state index contributed by atoms with van der Waals surface area (Å²) in [5.41, 5.74) is 10.1. The highest BCUT2D eigenvalue weighted by molar-refractivity contribution is 7.50. The lowest BCUT2D eigenvalue weighted by atomic mass is 9.89. The molecule has 2 aromatic rings. The summed E-state index contributed by atoms with van der Waals surface area (Å²) in [7, 11) is -8.38. The molecule has 202 valence electrons. The highest BCUT2D eigenvalue weighted by atomic mass is 31.2. The van der Waals surface area contributed by atoms with Gasteiger partial charge in [0, 0.05) is 0 Å². The van der Waals surface area contributed by atoms with E-state index in [1.54, 1.807) is 13.8 Å². The fourth-order valence-electron chi connectivity index (χ4n) is 4.47. The summed E-state index contributed by atoms with van der Waals surface area (Å²) in [5.74, 6) is 0. The molecule has 2 aromatic carbocycles. The second-order valence-corrected chi connectivity index (χ2v) is 12.3. The second-order valence-electron chi connectivity index (χ2n) is 9.65. The van der Waals surface area contributed by atoms with Gasteiger partial charge in [-0.3, -0.25) is 9.05 Å². The summed E-state index contributed by atoms with van der Waals surface area (Å²) in [4.78, 5) is 19.2. The van der Waals surface area contributed by atoms with Crippen molar-refractivity contribution in [3.63, 3.8) is 0 Å². The second kappa shape index (κ2) is 13.4. The smallest absolute Gasteiger partial charge is 0.393 e. The summed E-state index contributed by atoms with van der Waals surface area (Å²) in [6.45, 7) is 3.49. The van der Waals surface area contributed by atoms with Crippen LogP contribution in [0.1, 0.15) is 76.3 Å². The Hall–Kier alpha value is -1.38. The molecule has 9 nitrogen and oxygen atoms in total. The third kappa shape index (κ3) is 10.9. The van der Waals surface area contributed by atoms with Gasteiger partial charge < -0.3 is 14.9 Å². The van der Waals surface area contributed by atoms with Crippen molar-refractivity contribution >= 4 is 15.5 Å². The Labute approximate surface area is 214 Å². The van der Waals surface area contributed by atoms with Crippen molar-refractivity contribution in [3.8, 4) is 0 Å². The first-order valence-corrected chi connectivity index (χ1v) is 15.5. The van der Waals surface area contributed by atoms with Gasteiger partial charge in [0.05, 0.1) is 6.10 Å². The Kier molecular flexibility index (Phi) is 11.5. The predicted octanol–water partition coefficient (Wildman–Crippen LogP) is 5.45. The fourth-order valence-corrected chi connectivity index (χ4v) is 6.02. The number of rotatable bonds is 16. The molecule has 0 saturated heterocycles. The number of benzene rings is 2. The molecule has 0 aliphatic heterocycles. The number of aliphatic hydroxyl groups is 1. The molecule has 0 saturated carbocycles. The van der Waals surface area contributed by atoms with Crippen molar-refractivity contribution in [1.29, 1.82) is 0 Å². The molecule has 7 N–H and O–H groups in total. The van der Waals surface area contributed by atoms with E-state index >= 15 is 0 Å². The number of hydrogen-bond donors (Lipinski definition) is 5. The van der Waals surface area contributed by atoms with Crippen molar-refractivity contribution < 1.29 is 33.1 Å². The van der Waals surface area contributed by atoms with E-state index < -0.39 is 32.8 Å². The van der Waals surface area contributed by atoms with E-state index in [-0.39, 0.29) is 0 Å². The largest absolute Gasteiger partial charge is 0.401 e. The van der Waals surface area contributed by atoms with Gasteiger partial charge in [0.25, 0.3) is 0 Å². The highest BCUT2D eigenvalue weighted by Gasteiger charge is 2.34. The summed E-state index contributed by atoms with van der Waals surface area (Å²) in [5, 5.41) is 10.4. The maximum atomic E-state index is 11.8. The van der Waals surface area contributed by atoms with Crippen LogP contribution in [-0.4, -0.2) is 21.0 Å².